The summed E-state index contributed by atoms with van der Waals surface area (Å²) in [6.07, 6.45) is -3.66. The Hall–Kier alpha value is -1.52. The lowest BCUT2D eigenvalue weighted by Crippen LogP contribution is -2.06. The Balaban J connectivity index is 2.20. The topological polar surface area (TPSA) is 21.6 Å². The molecule has 0 amide bonds. The molecule has 1 aliphatic heterocycles. The van der Waals surface area contributed by atoms with Gasteiger partial charge in [-0.05, 0) is 24.6 Å². The number of rotatable bonds is 1. The van der Waals surface area contributed by atoms with Gasteiger partial charge in [0.05, 0.1) is 11.3 Å². The van der Waals surface area contributed by atoms with Crippen molar-refractivity contribution in [1.82, 2.24) is 0 Å². The lowest BCUT2D eigenvalue weighted by atomic mass is 10.0. The van der Waals surface area contributed by atoms with Crippen LogP contribution in [0.3, 0.4) is 0 Å². The maximum atomic E-state index is 12.3. The summed E-state index contributed by atoms with van der Waals surface area (Å²) in [6.45, 7) is 1.86. The van der Waals surface area contributed by atoms with Crippen LogP contribution in [0.2, 0.25) is 0 Å². The van der Waals surface area contributed by atoms with Crippen LogP contribution in [0.15, 0.2) is 29.4 Å². The van der Waals surface area contributed by atoms with E-state index >= 15 is 0 Å². The van der Waals surface area contributed by atoms with Gasteiger partial charge in [0.15, 0.2) is 0 Å². The Morgan fingerprint density at radius 3 is 2.31 bits per heavy atom. The molecule has 2 nitrogen and oxygen atoms in total. The highest BCUT2D eigenvalue weighted by molar-refractivity contribution is 6.01. The average Bonchev–Trinajstić information content (AvgIpc) is 2.64. The summed E-state index contributed by atoms with van der Waals surface area (Å²) >= 11 is 0. The first kappa shape index (κ1) is 11.0. The van der Waals surface area contributed by atoms with Gasteiger partial charge in [-0.1, -0.05) is 17.3 Å². The molecule has 0 N–H and O–H groups in total. The smallest absolute Gasteiger partial charge is 0.392 e. The highest BCUT2D eigenvalue weighted by Gasteiger charge is 2.30. The van der Waals surface area contributed by atoms with E-state index in [1.54, 1.807) is 0 Å². The molecule has 0 aromatic heterocycles. The van der Waals surface area contributed by atoms with Gasteiger partial charge in [0.25, 0.3) is 0 Å². The van der Waals surface area contributed by atoms with Gasteiger partial charge in [0, 0.05) is 6.42 Å². The van der Waals surface area contributed by atoms with E-state index < -0.39 is 11.7 Å². The van der Waals surface area contributed by atoms with Gasteiger partial charge in [-0.2, -0.15) is 13.2 Å². The summed E-state index contributed by atoms with van der Waals surface area (Å²) in [6, 6.07) is 4.95. The Morgan fingerprint density at radius 2 is 1.88 bits per heavy atom. The molecule has 1 aromatic rings. The van der Waals surface area contributed by atoms with Gasteiger partial charge >= 0.3 is 6.18 Å². The predicted octanol–water partition coefficient (Wildman–Crippen LogP) is 3.22. The number of benzene rings is 1. The quantitative estimate of drug-likeness (QED) is 0.724. The molecule has 1 aromatic carbocycles. The minimum absolute atomic E-state index is 0.00251. The van der Waals surface area contributed by atoms with Crippen LogP contribution in [-0.4, -0.2) is 11.8 Å². The first-order valence-corrected chi connectivity index (χ1v) is 4.87. The molecule has 0 saturated carbocycles. The number of nitrogens with zero attached hydrogens (tertiary/aromatic N) is 1. The monoisotopic (exact) mass is 229 g/mol. The fourth-order valence-corrected chi connectivity index (χ4v) is 1.52. The van der Waals surface area contributed by atoms with Crippen LogP contribution in [0.4, 0.5) is 13.2 Å². The number of hydrogen-bond acceptors (Lipinski definition) is 2. The molecule has 86 valence electrons. The maximum Gasteiger partial charge on any atom is 0.416 e. The van der Waals surface area contributed by atoms with Crippen molar-refractivity contribution in [2.75, 3.05) is 0 Å². The van der Waals surface area contributed by atoms with Crippen molar-refractivity contribution in [3.8, 4) is 0 Å². The zero-order valence-electron chi connectivity index (χ0n) is 8.58. The summed E-state index contributed by atoms with van der Waals surface area (Å²) in [5, 5.41) is 3.81. The zero-order chi connectivity index (χ0) is 11.8. The first-order valence-electron chi connectivity index (χ1n) is 4.87. The van der Waals surface area contributed by atoms with Crippen molar-refractivity contribution in [2.24, 2.45) is 5.16 Å². The SMILES string of the molecule is CC1CC(c2ccc(C(F)(F)F)cc2)=NO1. The van der Waals surface area contributed by atoms with Gasteiger partial charge < -0.3 is 4.84 Å². The molecular formula is C11H10F3NO. The van der Waals surface area contributed by atoms with E-state index in [4.69, 9.17) is 4.84 Å². The molecule has 0 radical (unpaired) electrons. The lowest BCUT2D eigenvalue weighted by molar-refractivity contribution is -0.137. The van der Waals surface area contributed by atoms with Crippen molar-refractivity contribution in [2.45, 2.75) is 25.6 Å². The number of alkyl halides is 3. The summed E-state index contributed by atoms with van der Waals surface area (Å²) in [5.41, 5.74) is 0.724. The van der Waals surface area contributed by atoms with Gasteiger partial charge in [0.2, 0.25) is 0 Å². The molecule has 0 spiro atoms. The molecule has 1 unspecified atom stereocenters. The molecule has 1 atom stereocenters. The number of hydrogen-bond donors (Lipinski definition) is 0. The minimum atomic E-state index is -4.29. The summed E-state index contributed by atoms with van der Waals surface area (Å²) < 4.78 is 36.9. The third kappa shape index (κ3) is 2.18. The van der Waals surface area contributed by atoms with Crippen LogP contribution in [0.25, 0.3) is 0 Å². The second-order valence-corrected chi connectivity index (χ2v) is 3.73. The molecule has 1 aliphatic rings. The third-order valence-corrected chi connectivity index (χ3v) is 2.37. The maximum absolute atomic E-state index is 12.3. The largest absolute Gasteiger partial charge is 0.416 e. The number of oxime groups is 1. The van der Waals surface area contributed by atoms with Gasteiger partial charge in [-0.3, -0.25) is 0 Å². The molecule has 0 aliphatic carbocycles. The van der Waals surface area contributed by atoms with Crippen LogP contribution in [-0.2, 0) is 11.0 Å². The van der Waals surface area contributed by atoms with E-state index in [-0.39, 0.29) is 6.10 Å². The van der Waals surface area contributed by atoms with E-state index in [1.807, 2.05) is 6.92 Å². The fraction of sp³-hybridized carbons (Fsp3) is 0.364. The Morgan fingerprint density at radius 1 is 1.25 bits per heavy atom. The van der Waals surface area contributed by atoms with Crippen molar-refractivity contribution < 1.29 is 18.0 Å². The standard InChI is InChI=1S/C11H10F3NO/c1-7-6-10(15-16-7)8-2-4-9(5-3-8)11(12,13)14/h2-5,7H,6H2,1H3. The Bertz CT molecular complexity index is 408. The molecule has 16 heavy (non-hydrogen) atoms. The van der Waals surface area contributed by atoms with Crippen molar-refractivity contribution in [3.05, 3.63) is 35.4 Å². The predicted molar refractivity (Wildman–Crippen MR) is 53.1 cm³/mol. The highest BCUT2D eigenvalue weighted by Crippen LogP contribution is 2.29. The fourth-order valence-electron chi connectivity index (χ4n) is 1.52. The third-order valence-electron chi connectivity index (χ3n) is 2.37. The number of halogens is 3. The summed E-state index contributed by atoms with van der Waals surface area (Å²) in [5.74, 6) is 0. The molecule has 0 saturated heterocycles. The molecule has 2 rings (SSSR count). The zero-order valence-corrected chi connectivity index (χ0v) is 8.58. The van der Waals surface area contributed by atoms with Crippen molar-refractivity contribution >= 4 is 5.71 Å². The lowest BCUT2D eigenvalue weighted by Gasteiger charge is -2.06. The van der Waals surface area contributed by atoms with Gasteiger partial charge in [0.1, 0.15) is 6.10 Å². The van der Waals surface area contributed by atoms with E-state index in [2.05, 4.69) is 5.16 Å². The molecule has 0 fully saturated rings. The highest BCUT2D eigenvalue weighted by atomic mass is 19.4. The van der Waals surface area contributed by atoms with Crippen molar-refractivity contribution in [3.63, 3.8) is 0 Å². The second kappa shape index (κ2) is 3.81. The normalized spacial score (nSPS) is 20.5. The van der Waals surface area contributed by atoms with Crippen molar-refractivity contribution in [1.29, 1.82) is 0 Å². The molecule has 0 bridgehead atoms. The van der Waals surface area contributed by atoms with E-state index in [1.165, 1.54) is 12.1 Å². The minimum Gasteiger partial charge on any atom is -0.392 e. The summed E-state index contributed by atoms with van der Waals surface area (Å²) in [7, 11) is 0. The molecule has 5 heteroatoms. The van der Waals surface area contributed by atoms with Crippen LogP contribution in [0.1, 0.15) is 24.5 Å². The van der Waals surface area contributed by atoms with Crippen LogP contribution < -0.4 is 0 Å². The van der Waals surface area contributed by atoms with Crippen LogP contribution in [0.5, 0.6) is 0 Å². The molecular weight excluding hydrogens is 219 g/mol. The summed E-state index contributed by atoms with van der Waals surface area (Å²) in [4.78, 5) is 4.98. The second-order valence-electron chi connectivity index (χ2n) is 3.73. The van der Waals surface area contributed by atoms with Gasteiger partial charge in [-0.15, -0.1) is 0 Å². The van der Waals surface area contributed by atoms with E-state index in [0.717, 1.165) is 12.1 Å². The van der Waals surface area contributed by atoms with Crippen LogP contribution in [0, 0.1) is 0 Å². The van der Waals surface area contributed by atoms with Crippen LogP contribution >= 0.6 is 0 Å². The average molecular weight is 229 g/mol. The Kier molecular flexibility index (Phi) is 2.61. The Labute approximate surface area is 90.7 Å². The van der Waals surface area contributed by atoms with Gasteiger partial charge in [-0.25, -0.2) is 0 Å². The van der Waals surface area contributed by atoms with E-state index in [9.17, 15) is 13.2 Å². The first-order chi connectivity index (χ1) is 7.47. The van der Waals surface area contributed by atoms with E-state index in [0.29, 0.717) is 17.7 Å². The molecule has 1 heterocycles.